The van der Waals surface area contributed by atoms with Gasteiger partial charge >= 0.3 is 0 Å². The number of carbonyl (C=O) groups is 1. The number of furan rings is 1. The molecule has 11 heteroatoms. The molecule has 0 radical (unpaired) electrons. The number of hydrogen-bond acceptors (Lipinski definition) is 8. The normalized spacial score (nSPS) is 16.3. The highest BCUT2D eigenvalue weighted by Gasteiger charge is 2.28. The quantitative estimate of drug-likeness (QED) is 0.292. The summed E-state index contributed by atoms with van der Waals surface area (Å²) >= 11 is 0. The summed E-state index contributed by atoms with van der Waals surface area (Å²) in [4.78, 5) is 25.1. The van der Waals surface area contributed by atoms with Crippen LogP contribution in [0.1, 0.15) is 25.3 Å². The van der Waals surface area contributed by atoms with Gasteiger partial charge in [-0.1, -0.05) is 19.6 Å². The lowest BCUT2D eigenvalue weighted by Crippen LogP contribution is -2.45. The third-order valence-corrected chi connectivity index (χ3v) is 8.50. The highest BCUT2D eigenvalue weighted by Crippen LogP contribution is 2.39. The number of aromatic nitrogens is 4. The van der Waals surface area contributed by atoms with Gasteiger partial charge in [-0.15, -0.1) is 5.10 Å². The van der Waals surface area contributed by atoms with Crippen LogP contribution in [-0.4, -0.2) is 78.5 Å². The maximum absolute atomic E-state index is 11.6. The summed E-state index contributed by atoms with van der Waals surface area (Å²) < 4.78 is 14.2. The van der Waals surface area contributed by atoms with E-state index in [1.54, 1.807) is 17.2 Å². The van der Waals surface area contributed by atoms with Crippen molar-refractivity contribution in [3.05, 3.63) is 30.2 Å². The van der Waals surface area contributed by atoms with Crippen molar-refractivity contribution in [2.45, 2.75) is 65.1 Å². The van der Waals surface area contributed by atoms with Crippen molar-refractivity contribution in [2.75, 3.05) is 44.0 Å². The maximum atomic E-state index is 11.6. The molecule has 0 bridgehead atoms. The number of rotatable bonds is 10. The Morgan fingerprint density at radius 3 is 2.74 bits per heavy atom. The highest BCUT2D eigenvalue weighted by molar-refractivity contribution is 6.76. The average Bonchev–Trinajstić information content (AvgIpc) is 3.49. The molecule has 3 aromatic heterocycles. The number of aryl methyl sites for hydroxylation is 1. The molecule has 0 aromatic carbocycles. The Kier molecular flexibility index (Phi) is 8.69. The van der Waals surface area contributed by atoms with E-state index in [0.29, 0.717) is 30.2 Å². The first-order valence-electron chi connectivity index (χ1n) is 13.3. The molecule has 0 aliphatic carbocycles. The molecule has 4 heterocycles. The summed E-state index contributed by atoms with van der Waals surface area (Å²) in [7, 11) is 3.10. The zero-order valence-electron chi connectivity index (χ0n) is 23.7. The molecular formula is C27H41N7O3Si. The fourth-order valence-corrected chi connectivity index (χ4v) is 5.28. The molecule has 38 heavy (non-hydrogen) atoms. The smallest absolute Gasteiger partial charge is 0.222 e. The zero-order chi connectivity index (χ0) is 27.4. The Morgan fingerprint density at radius 2 is 2.03 bits per heavy atom. The Labute approximate surface area is 226 Å². The molecule has 1 aliphatic rings. The van der Waals surface area contributed by atoms with Crippen molar-refractivity contribution in [1.82, 2.24) is 24.6 Å². The minimum Gasteiger partial charge on any atom is -0.440 e. The highest BCUT2D eigenvalue weighted by atomic mass is 28.3. The van der Waals surface area contributed by atoms with Crippen molar-refractivity contribution in [1.29, 1.82) is 0 Å². The van der Waals surface area contributed by atoms with Gasteiger partial charge < -0.3 is 24.3 Å². The number of carbonyl (C=O) groups excluding carboxylic acids is 1. The van der Waals surface area contributed by atoms with Crippen LogP contribution in [0.3, 0.4) is 0 Å². The van der Waals surface area contributed by atoms with Gasteiger partial charge in [0.1, 0.15) is 24.6 Å². The first-order valence-corrected chi connectivity index (χ1v) is 17.0. The monoisotopic (exact) mass is 539 g/mol. The molecule has 1 fully saturated rings. The molecule has 3 aromatic rings. The zero-order valence-corrected chi connectivity index (χ0v) is 24.7. The van der Waals surface area contributed by atoms with Crippen LogP contribution >= 0.6 is 0 Å². The number of amides is 1. The number of nitrogens with one attached hydrogen (secondary N) is 1. The molecule has 1 unspecified atom stereocenters. The Balaban J connectivity index is 1.66. The second-order valence-corrected chi connectivity index (χ2v) is 17.2. The lowest BCUT2D eigenvalue weighted by atomic mass is 10.0. The van der Waals surface area contributed by atoms with E-state index in [1.165, 1.54) is 6.92 Å². The maximum Gasteiger partial charge on any atom is 0.222 e. The van der Waals surface area contributed by atoms with E-state index in [9.17, 15) is 4.79 Å². The van der Waals surface area contributed by atoms with Gasteiger partial charge in [-0.05, 0) is 57.6 Å². The Hall–Kier alpha value is -3.02. The van der Waals surface area contributed by atoms with Crippen LogP contribution < -0.4 is 10.2 Å². The summed E-state index contributed by atoms with van der Waals surface area (Å²) in [5.41, 5.74) is 2.66. The van der Waals surface area contributed by atoms with Gasteiger partial charge in [0.2, 0.25) is 11.8 Å². The van der Waals surface area contributed by atoms with Crippen LogP contribution in [0.5, 0.6) is 0 Å². The van der Waals surface area contributed by atoms with Crippen LogP contribution in [0.15, 0.2) is 29.1 Å². The molecule has 0 spiro atoms. The third kappa shape index (κ3) is 7.09. The molecule has 0 saturated carbocycles. The fourth-order valence-electron chi connectivity index (χ4n) is 4.52. The SMILES string of the molecule is CC(=O)Nc1cc(-c2cc(-c3ncn(COCC[Si](C)(C)C)n3)c(N3CCCC(N(C)C)C3)o2)c(C)cn1. The van der Waals surface area contributed by atoms with Crippen molar-refractivity contribution in [3.63, 3.8) is 0 Å². The van der Waals surface area contributed by atoms with Gasteiger partial charge in [-0.25, -0.2) is 14.6 Å². The van der Waals surface area contributed by atoms with E-state index < -0.39 is 8.07 Å². The number of piperidine rings is 1. The molecule has 1 N–H and O–H groups in total. The predicted molar refractivity (Wildman–Crippen MR) is 153 cm³/mol. The van der Waals surface area contributed by atoms with Crippen LogP contribution in [0.4, 0.5) is 11.7 Å². The third-order valence-electron chi connectivity index (χ3n) is 6.80. The number of hydrogen-bond donors (Lipinski definition) is 1. The molecule has 1 aliphatic heterocycles. The summed E-state index contributed by atoms with van der Waals surface area (Å²) in [5, 5.41) is 7.50. The average molecular weight is 540 g/mol. The van der Waals surface area contributed by atoms with Crippen molar-refractivity contribution >= 4 is 25.7 Å². The lowest BCUT2D eigenvalue weighted by Gasteiger charge is -2.36. The van der Waals surface area contributed by atoms with Crippen molar-refractivity contribution in [3.8, 4) is 22.7 Å². The van der Waals surface area contributed by atoms with Gasteiger partial charge in [0, 0.05) is 52.5 Å². The molecule has 4 rings (SSSR count). The lowest BCUT2D eigenvalue weighted by molar-refractivity contribution is -0.114. The molecule has 206 valence electrons. The summed E-state index contributed by atoms with van der Waals surface area (Å²) in [6.07, 6.45) is 5.69. The van der Waals surface area contributed by atoms with Gasteiger partial charge in [0.15, 0.2) is 5.82 Å². The van der Waals surface area contributed by atoms with E-state index >= 15 is 0 Å². The molecule has 1 atom stereocenters. The van der Waals surface area contributed by atoms with Crippen molar-refractivity contribution in [2.24, 2.45) is 0 Å². The standard InChI is InChI=1S/C27H41N7O3Si/c1-19-15-28-25(30-20(2)35)14-22(19)24-13-23(27(37-24)33-10-8-9-21(16-33)32(3)4)26-29-17-34(31-26)18-36-11-12-38(5,6)7/h13-15,17,21H,8-12,16,18H2,1-7H3,(H,28,30,35). The first kappa shape index (κ1) is 28.0. The number of anilines is 2. The van der Waals surface area contributed by atoms with E-state index in [4.69, 9.17) is 14.3 Å². The number of ether oxygens (including phenoxy) is 1. The molecule has 1 saturated heterocycles. The van der Waals surface area contributed by atoms with Crippen molar-refractivity contribution < 1.29 is 13.9 Å². The Bertz CT molecular complexity index is 1250. The van der Waals surface area contributed by atoms with E-state index in [-0.39, 0.29) is 5.91 Å². The second kappa shape index (κ2) is 11.8. The van der Waals surface area contributed by atoms with E-state index in [0.717, 1.165) is 61.2 Å². The second-order valence-electron chi connectivity index (χ2n) is 11.6. The van der Waals surface area contributed by atoms with Gasteiger partial charge in [-0.2, -0.15) is 0 Å². The fraction of sp³-hybridized carbons (Fsp3) is 0.556. The summed E-state index contributed by atoms with van der Waals surface area (Å²) in [6.45, 7) is 13.3. The summed E-state index contributed by atoms with van der Waals surface area (Å²) in [6, 6.07) is 5.39. The van der Waals surface area contributed by atoms with Crippen LogP contribution in [0.25, 0.3) is 22.7 Å². The number of likely N-dealkylation sites (N-methyl/N-ethyl adjacent to an activating group) is 1. The van der Waals surface area contributed by atoms with Gasteiger partial charge in [0.05, 0.1) is 5.56 Å². The topological polar surface area (TPSA) is 102 Å². The minimum atomic E-state index is -1.15. The largest absolute Gasteiger partial charge is 0.440 e. The number of nitrogens with zero attached hydrogens (tertiary/aromatic N) is 6. The summed E-state index contributed by atoms with van der Waals surface area (Å²) in [5.74, 6) is 2.38. The van der Waals surface area contributed by atoms with Crippen LogP contribution in [0.2, 0.25) is 25.7 Å². The molecule has 10 nitrogen and oxygen atoms in total. The van der Waals surface area contributed by atoms with Gasteiger partial charge in [0.25, 0.3) is 0 Å². The van der Waals surface area contributed by atoms with E-state index in [2.05, 4.69) is 58.8 Å². The van der Waals surface area contributed by atoms with E-state index in [1.807, 2.05) is 19.1 Å². The Morgan fingerprint density at radius 1 is 1.24 bits per heavy atom. The molecule has 1 amide bonds. The van der Waals surface area contributed by atoms with Crippen LogP contribution in [-0.2, 0) is 16.3 Å². The number of pyridine rings is 1. The molecular weight excluding hydrogens is 498 g/mol. The first-order chi connectivity index (χ1) is 18.0. The minimum absolute atomic E-state index is 0.169. The predicted octanol–water partition coefficient (Wildman–Crippen LogP) is 4.71. The van der Waals surface area contributed by atoms with Gasteiger partial charge in [-0.3, -0.25) is 4.79 Å². The van der Waals surface area contributed by atoms with Crippen LogP contribution in [0, 0.1) is 6.92 Å².